The molecule has 3 heteroatoms. The van der Waals surface area contributed by atoms with Crippen LogP contribution in [-0.2, 0) is 6.54 Å². The van der Waals surface area contributed by atoms with Gasteiger partial charge in [0.15, 0.2) is 0 Å². The highest BCUT2D eigenvalue weighted by molar-refractivity contribution is 5.43. The molecule has 1 aromatic heterocycles. The first-order valence-corrected chi connectivity index (χ1v) is 8.16. The van der Waals surface area contributed by atoms with Crippen molar-refractivity contribution in [2.75, 3.05) is 25.5 Å². The van der Waals surface area contributed by atoms with E-state index in [-0.39, 0.29) is 0 Å². The van der Waals surface area contributed by atoms with E-state index < -0.39 is 0 Å². The fourth-order valence-corrected chi connectivity index (χ4v) is 3.13. The molecule has 1 aliphatic rings. The van der Waals surface area contributed by atoms with Crippen molar-refractivity contribution in [2.24, 2.45) is 5.92 Å². The molecule has 0 aromatic carbocycles. The Morgan fingerprint density at radius 1 is 1.30 bits per heavy atom. The lowest BCUT2D eigenvalue weighted by atomic mass is 9.89. The van der Waals surface area contributed by atoms with Crippen molar-refractivity contribution < 1.29 is 0 Å². The number of aromatic nitrogens is 1. The predicted octanol–water partition coefficient (Wildman–Crippen LogP) is 3.92. The van der Waals surface area contributed by atoms with Crippen LogP contribution in [0.1, 0.15) is 51.0 Å². The summed E-state index contributed by atoms with van der Waals surface area (Å²) in [7, 11) is 2.24. The van der Waals surface area contributed by atoms with Crippen LogP contribution in [-0.4, -0.2) is 30.0 Å². The molecule has 0 unspecified atom stereocenters. The Bertz CT molecular complexity index is 386. The lowest BCUT2D eigenvalue weighted by Gasteiger charge is -2.27. The minimum Gasteiger partial charge on any atom is -0.370 e. The lowest BCUT2D eigenvalue weighted by Crippen LogP contribution is -2.27. The van der Waals surface area contributed by atoms with E-state index in [0.717, 1.165) is 31.2 Å². The molecule has 112 valence electrons. The molecule has 0 aliphatic heterocycles. The number of rotatable bonds is 7. The van der Waals surface area contributed by atoms with E-state index in [4.69, 9.17) is 0 Å². The molecule has 1 heterocycles. The van der Waals surface area contributed by atoms with Crippen LogP contribution < -0.4 is 5.32 Å². The molecule has 1 aromatic rings. The van der Waals surface area contributed by atoms with E-state index in [0.29, 0.717) is 0 Å². The van der Waals surface area contributed by atoms with Gasteiger partial charge in [-0.05, 0) is 38.3 Å². The molecular formula is C17H29N3. The van der Waals surface area contributed by atoms with Crippen LogP contribution in [0.5, 0.6) is 0 Å². The highest BCUT2D eigenvalue weighted by atomic mass is 15.1. The third-order valence-corrected chi connectivity index (χ3v) is 4.17. The summed E-state index contributed by atoms with van der Waals surface area (Å²) in [6.07, 6.45) is 10.1. The Morgan fingerprint density at radius 2 is 2.10 bits per heavy atom. The molecule has 1 N–H and O–H groups in total. The summed E-state index contributed by atoms with van der Waals surface area (Å²) in [5, 5.41) is 3.43. The molecule has 0 spiro atoms. The Hall–Kier alpha value is -1.09. The smallest absolute Gasteiger partial charge is 0.130 e. The fraction of sp³-hybridized carbons (Fsp3) is 0.706. The van der Waals surface area contributed by atoms with Gasteiger partial charge in [-0.25, -0.2) is 4.98 Å². The van der Waals surface area contributed by atoms with Gasteiger partial charge in [0.2, 0.25) is 0 Å². The molecule has 0 bridgehead atoms. The second-order valence-corrected chi connectivity index (χ2v) is 6.14. The molecule has 0 saturated heterocycles. The number of hydrogen-bond donors (Lipinski definition) is 1. The minimum atomic E-state index is 0.900. The second kappa shape index (κ2) is 8.25. The van der Waals surface area contributed by atoms with Crippen molar-refractivity contribution in [3.8, 4) is 0 Å². The molecule has 2 rings (SSSR count). The van der Waals surface area contributed by atoms with Crippen molar-refractivity contribution in [3.63, 3.8) is 0 Å². The standard InChI is InChI=1S/C17H29N3/c1-3-11-18-17-16(10-7-12-19-17)14-20(2)13-15-8-5-4-6-9-15/h7,10,12,15H,3-6,8-9,11,13-14H2,1-2H3,(H,18,19). The zero-order valence-electron chi connectivity index (χ0n) is 13.1. The summed E-state index contributed by atoms with van der Waals surface area (Å²) in [4.78, 5) is 6.94. The van der Waals surface area contributed by atoms with Crippen LogP contribution in [0.4, 0.5) is 5.82 Å². The molecule has 0 atom stereocenters. The number of hydrogen-bond acceptors (Lipinski definition) is 3. The molecule has 1 aliphatic carbocycles. The SMILES string of the molecule is CCCNc1ncccc1CN(C)CC1CCCCC1. The summed E-state index contributed by atoms with van der Waals surface area (Å²) >= 11 is 0. The topological polar surface area (TPSA) is 28.2 Å². The van der Waals surface area contributed by atoms with E-state index in [2.05, 4.69) is 35.2 Å². The zero-order chi connectivity index (χ0) is 14.2. The van der Waals surface area contributed by atoms with Crippen LogP contribution in [0.25, 0.3) is 0 Å². The van der Waals surface area contributed by atoms with Gasteiger partial charge in [0.25, 0.3) is 0 Å². The van der Waals surface area contributed by atoms with Gasteiger partial charge >= 0.3 is 0 Å². The van der Waals surface area contributed by atoms with E-state index in [1.165, 1.54) is 44.2 Å². The molecule has 0 radical (unpaired) electrons. The first kappa shape index (κ1) is 15.3. The Balaban J connectivity index is 1.87. The molecule has 20 heavy (non-hydrogen) atoms. The van der Waals surface area contributed by atoms with E-state index in [1.807, 2.05) is 12.3 Å². The quantitative estimate of drug-likeness (QED) is 0.817. The van der Waals surface area contributed by atoms with E-state index in [1.54, 1.807) is 0 Å². The van der Waals surface area contributed by atoms with Gasteiger partial charge in [0.05, 0.1) is 0 Å². The Kier molecular flexibility index (Phi) is 6.31. The molecule has 1 fully saturated rings. The number of nitrogens with zero attached hydrogens (tertiary/aromatic N) is 2. The van der Waals surface area contributed by atoms with E-state index in [9.17, 15) is 0 Å². The largest absolute Gasteiger partial charge is 0.370 e. The fourth-order valence-electron chi connectivity index (χ4n) is 3.13. The van der Waals surface area contributed by atoms with Crippen LogP contribution in [0, 0.1) is 5.92 Å². The molecule has 3 nitrogen and oxygen atoms in total. The van der Waals surface area contributed by atoms with Gasteiger partial charge in [-0.2, -0.15) is 0 Å². The lowest BCUT2D eigenvalue weighted by molar-refractivity contribution is 0.228. The maximum absolute atomic E-state index is 4.48. The summed E-state index contributed by atoms with van der Waals surface area (Å²) in [6.45, 7) is 5.40. The monoisotopic (exact) mass is 275 g/mol. The third kappa shape index (κ3) is 4.78. The molecule has 1 saturated carbocycles. The average molecular weight is 275 g/mol. The normalized spacial score (nSPS) is 16.6. The van der Waals surface area contributed by atoms with Gasteiger partial charge in [-0.1, -0.05) is 32.3 Å². The minimum absolute atomic E-state index is 0.900. The third-order valence-electron chi connectivity index (χ3n) is 4.17. The highest BCUT2D eigenvalue weighted by Crippen LogP contribution is 2.25. The zero-order valence-corrected chi connectivity index (χ0v) is 13.1. The molecule has 0 amide bonds. The number of nitrogens with one attached hydrogen (secondary N) is 1. The van der Waals surface area contributed by atoms with Gasteiger partial charge in [-0.15, -0.1) is 0 Å². The summed E-state index contributed by atoms with van der Waals surface area (Å²) in [6, 6.07) is 4.24. The summed E-state index contributed by atoms with van der Waals surface area (Å²) in [5.41, 5.74) is 1.32. The van der Waals surface area contributed by atoms with E-state index >= 15 is 0 Å². The number of pyridine rings is 1. The van der Waals surface area contributed by atoms with Crippen LogP contribution in [0.2, 0.25) is 0 Å². The van der Waals surface area contributed by atoms with Gasteiger partial charge in [-0.3, -0.25) is 0 Å². The average Bonchev–Trinajstić information content (AvgIpc) is 2.47. The Labute approximate surface area is 123 Å². The first-order valence-electron chi connectivity index (χ1n) is 8.16. The molecular weight excluding hydrogens is 246 g/mol. The second-order valence-electron chi connectivity index (χ2n) is 6.14. The van der Waals surface area contributed by atoms with Gasteiger partial charge in [0.1, 0.15) is 5.82 Å². The van der Waals surface area contributed by atoms with Crippen LogP contribution in [0.3, 0.4) is 0 Å². The summed E-state index contributed by atoms with van der Waals surface area (Å²) < 4.78 is 0. The highest BCUT2D eigenvalue weighted by Gasteiger charge is 2.16. The van der Waals surface area contributed by atoms with Crippen molar-refractivity contribution >= 4 is 5.82 Å². The predicted molar refractivity (Wildman–Crippen MR) is 85.9 cm³/mol. The first-order chi connectivity index (χ1) is 9.79. The maximum Gasteiger partial charge on any atom is 0.130 e. The Morgan fingerprint density at radius 3 is 2.85 bits per heavy atom. The van der Waals surface area contributed by atoms with Crippen LogP contribution in [0.15, 0.2) is 18.3 Å². The van der Waals surface area contributed by atoms with Crippen molar-refractivity contribution in [3.05, 3.63) is 23.9 Å². The van der Waals surface area contributed by atoms with Gasteiger partial charge in [0, 0.05) is 31.4 Å². The van der Waals surface area contributed by atoms with Crippen LogP contribution >= 0.6 is 0 Å². The van der Waals surface area contributed by atoms with Gasteiger partial charge < -0.3 is 10.2 Å². The summed E-state index contributed by atoms with van der Waals surface area (Å²) in [5.74, 6) is 1.96. The maximum atomic E-state index is 4.48. The number of anilines is 1. The van der Waals surface area contributed by atoms with Crippen molar-refractivity contribution in [1.29, 1.82) is 0 Å². The van der Waals surface area contributed by atoms with Crippen molar-refractivity contribution in [2.45, 2.75) is 52.0 Å². The van der Waals surface area contributed by atoms with Crippen molar-refractivity contribution in [1.82, 2.24) is 9.88 Å².